The van der Waals surface area contributed by atoms with Gasteiger partial charge in [0.1, 0.15) is 0 Å². The molecule has 0 spiro atoms. The van der Waals surface area contributed by atoms with Crippen LogP contribution in [-0.2, 0) is 4.74 Å². The first kappa shape index (κ1) is 12.9. The van der Waals surface area contributed by atoms with E-state index < -0.39 is 0 Å². The number of nitrogens with zero attached hydrogens (tertiary/aromatic N) is 3. The molecule has 1 saturated heterocycles. The average molecular weight is 276 g/mol. The summed E-state index contributed by atoms with van der Waals surface area (Å²) in [5, 5.41) is 8.34. The van der Waals surface area contributed by atoms with Gasteiger partial charge in [-0.1, -0.05) is 23.2 Å². The Bertz CT molecular complexity index is 387. The third-order valence-electron chi connectivity index (χ3n) is 2.96. The van der Waals surface area contributed by atoms with E-state index in [2.05, 4.69) is 15.1 Å². The van der Waals surface area contributed by atoms with Crippen molar-refractivity contribution in [2.24, 2.45) is 5.92 Å². The Morgan fingerprint density at radius 1 is 1.47 bits per heavy atom. The van der Waals surface area contributed by atoms with Crippen molar-refractivity contribution in [3.8, 4) is 0 Å². The highest BCUT2D eigenvalue weighted by Crippen LogP contribution is 2.29. The zero-order valence-electron chi connectivity index (χ0n) is 9.70. The topological polar surface area (TPSA) is 38.2 Å². The SMILES string of the molecule is COCC1CCCN(c2cc(Cl)nnc2Cl)C1. The van der Waals surface area contributed by atoms with Crippen LogP contribution in [-0.4, -0.2) is 37.0 Å². The summed E-state index contributed by atoms with van der Waals surface area (Å²) in [5.41, 5.74) is 0.868. The van der Waals surface area contributed by atoms with Crippen LogP contribution >= 0.6 is 23.2 Å². The molecule has 1 aliphatic heterocycles. The maximum Gasteiger partial charge on any atom is 0.175 e. The summed E-state index contributed by atoms with van der Waals surface area (Å²) < 4.78 is 5.21. The summed E-state index contributed by atoms with van der Waals surface area (Å²) in [6, 6.07) is 1.77. The molecule has 1 unspecified atom stereocenters. The molecule has 1 aromatic heterocycles. The van der Waals surface area contributed by atoms with Gasteiger partial charge in [0.2, 0.25) is 0 Å². The lowest BCUT2D eigenvalue weighted by Crippen LogP contribution is -2.37. The molecule has 0 aliphatic carbocycles. The third-order valence-corrected chi connectivity index (χ3v) is 3.42. The van der Waals surface area contributed by atoms with E-state index in [0.717, 1.165) is 31.8 Å². The Kier molecular flexibility index (Phi) is 4.42. The lowest BCUT2D eigenvalue weighted by molar-refractivity contribution is 0.143. The van der Waals surface area contributed by atoms with E-state index in [0.29, 0.717) is 16.2 Å². The summed E-state index contributed by atoms with van der Waals surface area (Å²) >= 11 is 11.9. The molecule has 0 aromatic carbocycles. The van der Waals surface area contributed by atoms with Crippen LogP contribution in [0.25, 0.3) is 0 Å². The fraction of sp³-hybridized carbons (Fsp3) is 0.636. The van der Waals surface area contributed by atoms with E-state index in [-0.39, 0.29) is 0 Å². The molecule has 0 amide bonds. The Hall–Kier alpha value is -0.580. The number of piperidine rings is 1. The van der Waals surface area contributed by atoms with Crippen molar-refractivity contribution in [1.82, 2.24) is 10.2 Å². The molecule has 1 aliphatic rings. The zero-order valence-corrected chi connectivity index (χ0v) is 11.2. The first-order chi connectivity index (χ1) is 8.20. The molecule has 6 heteroatoms. The summed E-state index contributed by atoms with van der Waals surface area (Å²) in [6.07, 6.45) is 2.32. The third kappa shape index (κ3) is 3.21. The van der Waals surface area contributed by atoms with Gasteiger partial charge in [-0.2, -0.15) is 0 Å². The zero-order chi connectivity index (χ0) is 12.3. The van der Waals surface area contributed by atoms with E-state index in [1.165, 1.54) is 6.42 Å². The van der Waals surface area contributed by atoms with Gasteiger partial charge in [0.15, 0.2) is 10.3 Å². The van der Waals surface area contributed by atoms with Gasteiger partial charge in [-0.3, -0.25) is 0 Å². The van der Waals surface area contributed by atoms with E-state index in [9.17, 15) is 0 Å². The summed E-state index contributed by atoms with van der Waals surface area (Å²) in [6.45, 7) is 2.68. The lowest BCUT2D eigenvalue weighted by atomic mass is 9.99. The molecule has 1 aromatic rings. The minimum absolute atomic E-state index is 0.373. The summed E-state index contributed by atoms with van der Waals surface area (Å²) in [5.74, 6) is 0.539. The van der Waals surface area contributed by atoms with Crippen molar-refractivity contribution >= 4 is 28.9 Å². The van der Waals surface area contributed by atoms with Crippen LogP contribution in [0.4, 0.5) is 5.69 Å². The van der Waals surface area contributed by atoms with Gasteiger partial charge in [-0.05, 0) is 18.8 Å². The van der Waals surface area contributed by atoms with Crippen LogP contribution in [0.1, 0.15) is 12.8 Å². The Balaban J connectivity index is 2.13. The van der Waals surface area contributed by atoms with Gasteiger partial charge in [0.05, 0.1) is 12.3 Å². The molecule has 2 heterocycles. The van der Waals surface area contributed by atoms with Crippen LogP contribution in [0.3, 0.4) is 0 Å². The van der Waals surface area contributed by atoms with E-state index in [1.807, 2.05) is 0 Å². The minimum atomic E-state index is 0.373. The van der Waals surface area contributed by atoms with Crippen LogP contribution in [0.2, 0.25) is 10.3 Å². The van der Waals surface area contributed by atoms with Crippen LogP contribution < -0.4 is 4.90 Å². The van der Waals surface area contributed by atoms with Gasteiger partial charge in [-0.25, -0.2) is 0 Å². The molecule has 2 rings (SSSR count). The smallest absolute Gasteiger partial charge is 0.175 e. The first-order valence-electron chi connectivity index (χ1n) is 5.63. The van der Waals surface area contributed by atoms with Gasteiger partial charge < -0.3 is 9.64 Å². The molecule has 4 nitrogen and oxygen atoms in total. The first-order valence-corrected chi connectivity index (χ1v) is 6.39. The van der Waals surface area contributed by atoms with Gasteiger partial charge in [-0.15, -0.1) is 10.2 Å². The van der Waals surface area contributed by atoms with Crippen molar-refractivity contribution in [2.75, 3.05) is 31.7 Å². The van der Waals surface area contributed by atoms with Crippen LogP contribution in [0, 0.1) is 5.92 Å². The van der Waals surface area contributed by atoms with Crippen molar-refractivity contribution in [3.05, 3.63) is 16.4 Å². The number of rotatable bonds is 3. The molecular formula is C11H15Cl2N3O. The summed E-state index contributed by atoms with van der Waals surface area (Å²) in [7, 11) is 1.73. The number of hydrogen-bond acceptors (Lipinski definition) is 4. The largest absolute Gasteiger partial charge is 0.384 e. The molecule has 94 valence electrons. The number of methoxy groups -OCH3 is 1. The van der Waals surface area contributed by atoms with Crippen molar-refractivity contribution in [2.45, 2.75) is 12.8 Å². The standard InChI is InChI=1S/C11H15Cl2N3O/c1-17-7-8-3-2-4-16(6-8)9-5-10(12)14-15-11(9)13/h5,8H,2-4,6-7H2,1H3. The second-order valence-electron chi connectivity index (χ2n) is 4.25. The van der Waals surface area contributed by atoms with E-state index in [4.69, 9.17) is 27.9 Å². The number of ether oxygens (including phenoxy) is 1. The Morgan fingerprint density at radius 2 is 2.29 bits per heavy atom. The van der Waals surface area contributed by atoms with Gasteiger partial charge in [0, 0.05) is 26.3 Å². The van der Waals surface area contributed by atoms with E-state index in [1.54, 1.807) is 13.2 Å². The highest BCUT2D eigenvalue weighted by Gasteiger charge is 2.22. The highest BCUT2D eigenvalue weighted by molar-refractivity contribution is 6.33. The summed E-state index contributed by atoms with van der Waals surface area (Å²) in [4.78, 5) is 2.20. The predicted molar refractivity (Wildman–Crippen MR) is 68.9 cm³/mol. The van der Waals surface area contributed by atoms with Crippen molar-refractivity contribution < 1.29 is 4.74 Å². The Morgan fingerprint density at radius 3 is 3.06 bits per heavy atom. The quantitative estimate of drug-likeness (QED) is 0.850. The molecule has 0 bridgehead atoms. The monoisotopic (exact) mass is 275 g/mol. The predicted octanol–water partition coefficient (Wildman–Crippen LogP) is 2.65. The lowest BCUT2D eigenvalue weighted by Gasteiger charge is -2.34. The molecule has 0 saturated carbocycles. The Labute approximate surface area is 111 Å². The van der Waals surface area contributed by atoms with Gasteiger partial charge >= 0.3 is 0 Å². The van der Waals surface area contributed by atoms with E-state index >= 15 is 0 Å². The second-order valence-corrected chi connectivity index (χ2v) is 5.00. The van der Waals surface area contributed by atoms with Gasteiger partial charge in [0.25, 0.3) is 0 Å². The molecule has 1 atom stereocenters. The maximum absolute atomic E-state index is 6.05. The van der Waals surface area contributed by atoms with Crippen LogP contribution in [0.5, 0.6) is 0 Å². The van der Waals surface area contributed by atoms with Crippen molar-refractivity contribution in [3.63, 3.8) is 0 Å². The minimum Gasteiger partial charge on any atom is -0.384 e. The number of hydrogen-bond donors (Lipinski definition) is 0. The molecule has 17 heavy (non-hydrogen) atoms. The number of anilines is 1. The van der Waals surface area contributed by atoms with Crippen LogP contribution in [0.15, 0.2) is 6.07 Å². The van der Waals surface area contributed by atoms with Crippen molar-refractivity contribution in [1.29, 1.82) is 0 Å². The number of aromatic nitrogens is 2. The molecule has 0 radical (unpaired) electrons. The average Bonchev–Trinajstić information content (AvgIpc) is 2.33. The number of halogens is 2. The molecular weight excluding hydrogens is 261 g/mol. The fourth-order valence-electron chi connectivity index (χ4n) is 2.22. The molecule has 1 fully saturated rings. The normalized spacial score (nSPS) is 20.6. The fourth-order valence-corrected chi connectivity index (χ4v) is 2.57. The highest BCUT2D eigenvalue weighted by atomic mass is 35.5. The second kappa shape index (κ2) is 5.85. The maximum atomic E-state index is 6.05. The molecule has 0 N–H and O–H groups in total.